The smallest absolute Gasteiger partial charge is 0.422 e. The lowest BCUT2D eigenvalue weighted by atomic mass is 10.1. The van der Waals surface area contributed by atoms with Crippen LogP contribution in [0.15, 0.2) is 12.1 Å². The van der Waals surface area contributed by atoms with Gasteiger partial charge in [0.15, 0.2) is 11.6 Å². The Hall–Kier alpha value is -1.54. The molecule has 0 fully saturated rings. The van der Waals surface area contributed by atoms with Crippen LogP contribution in [0.25, 0.3) is 0 Å². The van der Waals surface area contributed by atoms with Crippen LogP contribution < -0.4 is 9.47 Å². The summed E-state index contributed by atoms with van der Waals surface area (Å²) in [4.78, 5) is 0. The standard InChI is InChI=1S/C13H16F4O4/c1-18-5-7-20-9-3-4-10(21-8-6-19-2)12(14)11(9)13(15,16)17/h3-4H,5-8H2,1-2H3. The van der Waals surface area contributed by atoms with Crippen LogP contribution in [-0.2, 0) is 15.7 Å². The van der Waals surface area contributed by atoms with Gasteiger partial charge < -0.3 is 18.9 Å². The lowest BCUT2D eigenvalue weighted by molar-refractivity contribution is -0.141. The highest BCUT2D eigenvalue weighted by Gasteiger charge is 2.39. The second-order valence-corrected chi connectivity index (χ2v) is 3.93. The first-order valence-electron chi connectivity index (χ1n) is 6.05. The van der Waals surface area contributed by atoms with E-state index in [1.807, 2.05) is 0 Å². The van der Waals surface area contributed by atoms with Crippen molar-refractivity contribution < 1.29 is 36.5 Å². The normalized spacial score (nSPS) is 11.5. The molecule has 1 rings (SSSR count). The summed E-state index contributed by atoms with van der Waals surface area (Å²) >= 11 is 0. The molecule has 0 N–H and O–H groups in total. The Kier molecular flexibility index (Phi) is 6.70. The van der Waals surface area contributed by atoms with Crippen LogP contribution in [0.3, 0.4) is 0 Å². The first-order valence-corrected chi connectivity index (χ1v) is 6.05. The molecule has 0 aliphatic carbocycles. The largest absolute Gasteiger partial charge is 0.490 e. The van der Waals surface area contributed by atoms with E-state index < -0.39 is 29.1 Å². The van der Waals surface area contributed by atoms with Crippen LogP contribution in [0.2, 0.25) is 0 Å². The maximum absolute atomic E-state index is 14.0. The van der Waals surface area contributed by atoms with Crippen molar-refractivity contribution in [3.63, 3.8) is 0 Å². The summed E-state index contributed by atoms with van der Waals surface area (Å²) in [5, 5.41) is 0. The molecule has 0 radical (unpaired) electrons. The Morgan fingerprint density at radius 2 is 1.33 bits per heavy atom. The number of ether oxygens (including phenoxy) is 4. The molecule has 1 aromatic rings. The number of hydrogen-bond donors (Lipinski definition) is 0. The first-order chi connectivity index (χ1) is 9.91. The Labute approximate surface area is 119 Å². The van der Waals surface area contributed by atoms with Crippen molar-refractivity contribution in [1.29, 1.82) is 0 Å². The number of methoxy groups -OCH3 is 2. The van der Waals surface area contributed by atoms with Crippen molar-refractivity contribution >= 4 is 0 Å². The van der Waals surface area contributed by atoms with Crippen molar-refractivity contribution in [2.45, 2.75) is 6.18 Å². The molecule has 0 bridgehead atoms. The molecule has 21 heavy (non-hydrogen) atoms. The van der Waals surface area contributed by atoms with Crippen molar-refractivity contribution in [2.75, 3.05) is 40.6 Å². The molecular formula is C13H16F4O4. The monoisotopic (exact) mass is 312 g/mol. The van der Waals surface area contributed by atoms with E-state index in [2.05, 4.69) is 9.47 Å². The zero-order valence-electron chi connectivity index (χ0n) is 11.6. The summed E-state index contributed by atoms with van der Waals surface area (Å²) in [7, 11) is 2.77. The third-order valence-electron chi connectivity index (χ3n) is 2.44. The van der Waals surface area contributed by atoms with Crippen LogP contribution in [0, 0.1) is 5.82 Å². The van der Waals surface area contributed by atoms with Gasteiger partial charge in [-0.05, 0) is 12.1 Å². The predicted molar refractivity (Wildman–Crippen MR) is 66.1 cm³/mol. The van der Waals surface area contributed by atoms with Gasteiger partial charge in [0, 0.05) is 14.2 Å². The minimum absolute atomic E-state index is 0.0609. The number of rotatable bonds is 8. The van der Waals surface area contributed by atoms with E-state index in [-0.39, 0.29) is 26.4 Å². The highest BCUT2D eigenvalue weighted by Crippen LogP contribution is 2.41. The fourth-order valence-corrected chi connectivity index (χ4v) is 1.51. The van der Waals surface area contributed by atoms with Gasteiger partial charge in [0.1, 0.15) is 24.5 Å². The van der Waals surface area contributed by atoms with Crippen molar-refractivity contribution in [1.82, 2.24) is 0 Å². The molecule has 0 aromatic heterocycles. The molecule has 1 aromatic carbocycles. The molecule has 120 valence electrons. The van der Waals surface area contributed by atoms with Crippen LogP contribution >= 0.6 is 0 Å². The van der Waals surface area contributed by atoms with E-state index in [1.54, 1.807) is 0 Å². The van der Waals surface area contributed by atoms with Gasteiger partial charge in [-0.1, -0.05) is 0 Å². The third-order valence-corrected chi connectivity index (χ3v) is 2.44. The van der Waals surface area contributed by atoms with Crippen LogP contribution in [-0.4, -0.2) is 40.6 Å². The summed E-state index contributed by atoms with van der Waals surface area (Å²) in [6.07, 6.45) is -4.90. The molecule has 0 saturated heterocycles. The molecule has 0 aliphatic heterocycles. The summed E-state index contributed by atoms with van der Waals surface area (Å²) in [6, 6.07) is 2.10. The molecule has 8 heteroatoms. The zero-order chi connectivity index (χ0) is 15.9. The zero-order valence-corrected chi connectivity index (χ0v) is 11.6. The third kappa shape index (κ3) is 5.05. The van der Waals surface area contributed by atoms with Gasteiger partial charge >= 0.3 is 6.18 Å². The number of benzene rings is 1. The minimum atomic E-state index is -4.90. The molecule has 0 aliphatic rings. The van der Waals surface area contributed by atoms with Crippen molar-refractivity contribution in [2.24, 2.45) is 0 Å². The fraction of sp³-hybridized carbons (Fsp3) is 0.538. The molecule has 0 spiro atoms. The average molecular weight is 312 g/mol. The molecule has 4 nitrogen and oxygen atoms in total. The Morgan fingerprint density at radius 1 is 0.857 bits per heavy atom. The maximum Gasteiger partial charge on any atom is 0.422 e. The van der Waals surface area contributed by atoms with Gasteiger partial charge in [-0.3, -0.25) is 0 Å². The topological polar surface area (TPSA) is 36.9 Å². The summed E-state index contributed by atoms with van der Waals surface area (Å²) in [5.41, 5.74) is -1.49. The molecule has 0 saturated carbocycles. The quantitative estimate of drug-likeness (QED) is 0.546. The van der Waals surface area contributed by atoms with E-state index in [0.29, 0.717) is 0 Å². The Morgan fingerprint density at radius 3 is 1.81 bits per heavy atom. The second-order valence-electron chi connectivity index (χ2n) is 3.93. The summed E-state index contributed by atoms with van der Waals surface area (Å²) in [5.74, 6) is -2.61. The Balaban J connectivity index is 3.02. The Bertz CT molecular complexity index is 449. The number of alkyl halides is 3. The van der Waals surface area contributed by atoms with E-state index in [1.165, 1.54) is 14.2 Å². The van der Waals surface area contributed by atoms with E-state index in [9.17, 15) is 17.6 Å². The number of halogens is 4. The van der Waals surface area contributed by atoms with Crippen LogP contribution in [0.1, 0.15) is 5.56 Å². The SMILES string of the molecule is COCCOc1ccc(OCCOC)c(C(F)(F)F)c1F. The molecule has 0 amide bonds. The van der Waals surface area contributed by atoms with Gasteiger partial charge in [0.05, 0.1) is 13.2 Å². The van der Waals surface area contributed by atoms with Crippen molar-refractivity contribution in [3.05, 3.63) is 23.5 Å². The van der Waals surface area contributed by atoms with Gasteiger partial charge in [-0.2, -0.15) is 13.2 Å². The molecule has 0 heterocycles. The van der Waals surface area contributed by atoms with Gasteiger partial charge in [0.2, 0.25) is 0 Å². The fourth-order valence-electron chi connectivity index (χ4n) is 1.51. The highest BCUT2D eigenvalue weighted by atomic mass is 19.4. The molecule has 0 unspecified atom stereocenters. The second kappa shape index (κ2) is 8.04. The summed E-state index contributed by atoms with van der Waals surface area (Å²) < 4.78 is 72.0. The van der Waals surface area contributed by atoms with Crippen LogP contribution in [0.5, 0.6) is 11.5 Å². The van der Waals surface area contributed by atoms with Gasteiger partial charge in [-0.25, -0.2) is 4.39 Å². The van der Waals surface area contributed by atoms with E-state index in [4.69, 9.17) is 9.47 Å². The average Bonchev–Trinajstić information content (AvgIpc) is 2.40. The molecular weight excluding hydrogens is 296 g/mol. The van der Waals surface area contributed by atoms with Gasteiger partial charge in [0.25, 0.3) is 0 Å². The minimum Gasteiger partial charge on any atom is -0.490 e. The number of hydrogen-bond acceptors (Lipinski definition) is 4. The molecule has 0 atom stereocenters. The van der Waals surface area contributed by atoms with E-state index >= 15 is 0 Å². The van der Waals surface area contributed by atoms with Crippen molar-refractivity contribution in [3.8, 4) is 11.5 Å². The maximum atomic E-state index is 14.0. The summed E-state index contributed by atoms with van der Waals surface area (Å²) in [6.45, 7) is 0.0371. The lowest BCUT2D eigenvalue weighted by Gasteiger charge is -2.17. The van der Waals surface area contributed by atoms with Gasteiger partial charge in [-0.15, -0.1) is 0 Å². The predicted octanol–water partition coefficient (Wildman–Crippen LogP) is 2.89. The highest BCUT2D eigenvalue weighted by molar-refractivity contribution is 5.43. The van der Waals surface area contributed by atoms with E-state index in [0.717, 1.165) is 12.1 Å². The first kappa shape index (κ1) is 17.5. The van der Waals surface area contributed by atoms with Crippen LogP contribution in [0.4, 0.5) is 17.6 Å². The lowest BCUT2D eigenvalue weighted by Crippen LogP contribution is -2.15.